The van der Waals surface area contributed by atoms with E-state index in [1.807, 2.05) is 37.8 Å². The lowest BCUT2D eigenvalue weighted by Crippen LogP contribution is -2.50. The van der Waals surface area contributed by atoms with Crippen molar-refractivity contribution in [3.63, 3.8) is 0 Å². The molecule has 2 heterocycles. The van der Waals surface area contributed by atoms with Crippen LogP contribution in [0.2, 0.25) is 0 Å². The highest BCUT2D eigenvalue weighted by molar-refractivity contribution is 5.68. The minimum Gasteiger partial charge on any atom is -0.444 e. The van der Waals surface area contributed by atoms with E-state index in [-0.39, 0.29) is 12.1 Å². The molecule has 6 heteroatoms. The lowest BCUT2D eigenvalue weighted by atomic mass is 10.0. The normalized spacial score (nSPS) is 19.0. The second-order valence-corrected chi connectivity index (χ2v) is 6.67. The number of amides is 1. The predicted molar refractivity (Wildman–Crippen MR) is 84.3 cm³/mol. The smallest absolute Gasteiger partial charge is 0.410 e. The summed E-state index contributed by atoms with van der Waals surface area (Å²) >= 11 is 0. The third kappa shape index (κ3) is 5.26. The van der Waals surface area contributed by atoms with Crippen molar-refractivity contribution < 1.29 is 9.53 Å². The van der Waals surface area contributed by atoms with E-state index in [0.717, 1.165) is 38.0 Å². The summed E-state index contributed by atoms with van der Waals surface area (Å²) in [6, 6.07) is 3.99. The van der Waals surface area contributed by atoms with Crippen molar-refractivity contribution >= 4 is 6.09 Å². The van der Waals surface area contributed by atoms with Gasteiger partial charge in [-0.05, 0) is 52.2 Å². The minimum atomic E-state index is -0.452. The Morgan fingerprint density at radius 1 is 1.45 bits per heavy atom. The van der Waals surface area contributed by atoms with Crippen LogP contribution in [0.25, 0.3) is 0 Å². The summed E-state index contributed by atoms with van der Waals surface area (Å²) in [5, 5.41) is 11.3. The summed E-state index contributed by atoms with van der Waals surface area (Å²) in [6.45, 7) is 7.87. The van der Waals surface area contributed by atoms with Gasteiger partial charge in [-0.2, -0.15) is 10.2 Å². The molecule has 1 N–H and O–H groups in total. The molecule has 1 saturated heterocycles. The number of rotatable bonds is 4. The van der Waals surface area contributed by atoms with Crippen molar-refractivity contribution in [1.82, 2.24) is 20.4 Å². The van der Waals surface area contributed by atoms with Gasteiger partial charge in [0.15, 0.2) is 0 Å². The van der Waals surface area contributed by atoms with Crippen molar-refractivity contribution in [1.29, 1.82) is 0 Å². The fourth-order valence-electron chi connectivity index (χ4n) is 2.57. The first-order chi connectivity index (χ1) is 10.5. The number of hydrogen-bond donors (Lipinski definition) is 1. The molecule has 0 radical (unpaired) electrons. The molecule has 1 aliphatic rings. The first kappa shape index (κ1) is 16.7. The van der Waals surface area contributed by atoms with Gasteiger partial charge in [-0.1, -0.05) is 0 Å². The van der Waals surface area contributed by atoms with Crippen LogP contribution in [0.1, 0.15) is 45.7 Å². The zero-order chi connectivity index (χ0) is 16.0. The third-order valence-electron chi connectivity index (χ3n) is 3.57. The summed E-state index contributed by atoms with van der Waals surface area (Å²) in [5.74, 6) is 0. The highest BCUT2D eigenvalue weighted by Gasteiger charge is 2.30. The molecule has 6 nitrogen and oxygen atoms in total. The fourth-order valence-corrected chi connectivity index (χ4v) is 2.57. The average Bonchev–Trinajstić information content (AvgIpc) is 2.47. The number of piperidine rings is 1. The predicted octanol–water partition coefficient (Wildman–Crippen LogP) is 2.36. The van der Waals surface area contributed by atoms with Gasteiger partial charge < -0.3 is 15.0 Å². The number of ether oxygens (including phenoxy) is 1. The van der Waals surface area contributed by atoms with Gasteiger partial charge >= 0.3 is 6.09 Å². The summed E-state index contributed by atoms with van der Waals surface area (Å²) in [6.07, 6.45) is 4.65. The molecule has 22 heavy (non-hydrogen) atoms. The van der Waals surface area contributed by atoms with Gasteiger partial charge in [0.05, 0.1) is 5.69 Å². The maximum absolute atomic E-state index is 12.3. The molecule has 0 aliphatic carbocycles. The van der Waals surface area contributed by atoms with Crippen LogP contribution < -0.4 is 5.32 Å². The Hall–Kier alpha value is -1.69. The van der Waals surface area contributed by atoms with Gasteiger partial charge in [0.1, 0.15) is 5.60 Å². The van der Waals surface area contributed by atoms with Gasteiger partial charge in [-0.15, -0.1) is 0 Å². The first-order valence-electron chi connectivity index (χ1n) is 7.92. The van der Waals surface area contributed by atoms with E-state index in [1.165, 1.54) is 0 Å². The monoisotopic (exact) mass is 306 g/mol. The van der Waals surface area contributed by atoms with Crippen LogP contribution in [0.4, 0.5) is 4.79 Å². The van der Waals surface area contributed by atoms with Crippen LogP contribution in [0.5, 0.6) is 0 Å². The Morgan fingerprint density at radius 2 is 2.27 bits per heavy atom. The van der Waals surface area contributed by atoms with E-state index in [1.54, 1.807) is 6.20 Å². The van der Waals surface area contributed by atoms with Gasteiger partial charge in [0, 0.05) is 31.9 Å². The van der Waals surface area contributed by atoms with E-state index in [4.69, 9.17) is 4.74 Å². The van der Waals surface area contributed by atoms with E-state index >= 15 is 0 Å². The Balaban J connectivity index is 1.85. The molecule has 1 atom stereocenters. The topological polar surface area (TPSA) is 67.3 Å². The molecule has 1 aliphatic heterocycles. The van der Waals surface area contributed by atoms with Gasteiger partial charge in [-0.25, -0.2) is 4.79 Å². The molecule has 1 fully saturated rings. The van der Waals surface area contributed by atoms with Crippen molar-refractivity contribution in [3.05, 3.63) is 24.0 Å². The second kappa shape index (κ2) is 7.54. The number of nitrogens with zero attached hydrogens (tertiary/aromatic N) is 3. The summed E-state index contributed by atoms with van der Waals surface area (Å²) in [5.41, 5.74) is 0.453. The number of carbonyl (C=O) groups is 1. The molecule has 1 amide bonds. The van der Waals surface area contributed by atoms with Crippen LogP contribution in [0, 0.1) is 0 Å². The van der Waals surface area contributed by atoms with E-state index < -0.39 is 5.60 Å². The maximum atomic E-state index is 12.3. The van der Waals surface area contributed by atoms with Crippen LogP contribution >= 0.6 is 0 Å². The fraction of sp³-hybridized carbons (Fsp3) is 0.688. The zero-order valence-electron chi connectivity index (χ0n) is 13.7. The Labute approximate surface area is 132 Å². The van der Waals surface area contributed by atoms with Crippen molar-refractivity contribution in [3.8, 4) is 0 Å². The standard InChI is InChI=1S/C16H26N4O2/c1-16(2,3)22-15(21)20-10-5-4-8-14(20)12-17-11-13-7-6-9-18-19-13/h6-7,9,14,17H,4-5,8,10-12H2,1-3H3. The van der Waals surface area contributed by atoms with Crippen LogP contribution in [0.3, 0.4) is 0 Å². The van der Waals surface area contributed by atoms with E-state index in [0.29, 0.717) is 6.54 Å². The molecule has 1 aromatic heterocycles. The molecular formula is C16H26N4O2. The van der Waals surface area contributed by atoms with E-state index in [2.05, 4.69) is 15.5 Å². The summed E-state index contributed by atoms with van der Waals surface area (Å²) < 4.78 is 5.51. The van der Waals surface area contributed by atoms with Crippen molar-refractivity contribution in [2.45, 2.75) is 58.2 Å². The summed E-state index contributed by atoms with van der Waals surface area (Å²) in [7, 11) is 0. The SMILES string of the molecule is CC(C)(C)OC(=O)N1CCCCC1CNCc1cccnn1. The number of likely N-dealkylation sites (tertiary alicyclic amines) is 1. The Bertz CT molecular complexity index is 473. The molecule has 1 unspecified atom stereocenters. The molecule has 0 saturated carbocycles. The second-order valence-electron chi connectivity index (χ2n) is 6.67. The quantitative estimate of drug-likeness (QED) is 0.925. The molecule has 122 valence electrons. The van der Waals surface area contributed by atoms with Crippen molar-refractivity contribution in [2.75, 3.05) is 13.1 Å². The Kier molecular flexibility index (Phi) is 5.71. The lowest BCUT2D eigenvalue weighted by molar-refractivity contribution is 0.00993. The van der Waals surface area contributed by atoms with E-state index in [9.17, 15) is 4.79 Å². The molecule has 1 aromatic rings. The molecule has 2 rings (SSSR count). The highest BCUT2D eigenvalue weighted by atomic mass is 16.6. The molecule has 0 aromatic carbocycles. The van der Waals surface area contributed by atoms with Gasteiger partial charge in [0.25, 0.3) is 0 Å². The van der Waals surface area contributed by atoms with Crippen LogP contribution in [0.15, 0.2) is 18.3 Å². The number of hydrogen-bond acceptors (Lipinski definition) is 5. The van der Waals surface area contributed by atoms with Gasteiger partial charge in [-0.3, -0.25) is 0 Å². The Morgan fingerprint density at radius 3 is 2.95 bits per heavy atom. The minimum absolute atomic E-state index is 0.181. The lowest BCUT2D eigenvalue weighted by Gasteiger charge is -2.36. The zero-order valence-corrected chi connectivity index (χ0v) is 13.7. The summed E-state index contributed by atoms with van der Waals surface area (Å²) in [4.78, 5) is 14.2. The molecular weight excluding hydrogens is 280 g/mol. The van der Waals surface area contributed by atoms with Crippen LogP contribution in [-0.2, 0) is 11.3 Å². The first-order valence-corrected chi connectivity index (χ1v) is 7.92. The molecule has 0 spiro atoms. The van der Waals surface area contributed by atoms with Gasteiger partial charge in [0.2, 0.25) is 0 Å². The van der Waals surface area contributed by atoms with Crippen LogP contribution in [-0.4, -0.2) is 45.9 Å². The average molecular weight is 306 g/mol. The van der Waals surface area contributed by atoms with Crippen molar-refractivity contribution in [2.24, 2.45) is 0 Å². The largest absolute Gasteiger partial charge is 0.444 e. The molecule has 0 bridgehead atoms. The third-order valence-corrected chi connectivity index (χ3v) is 3.57. The number of aromatic nitrogens is 2. The number of carbonyl (C=O) groups excluding carboxylic acids is 1. The number of nitrogens with one attached hydrogen (secondary N) is 1. The maximum Gasteiger partial charge on any atom is 0.410 e. The highest BCUT2D eigenvalue weighted by Crippen LogP contribution is 2.20.